The van der Waals surface area contributed by atoms with Gasteiger partial charge in [-0.2, -0.15) is 0 Å². The summed E-state index contributed by atoms with van der Waals surface area (Å²) in [5.74, 6) is -0.977. The molecule has 1 rings (SSSR count). The molecule has 0 bridgehead atoms. The van der Waals surface area contributed by atoms with E-state index in [4.69, 9.17) is 5.11 Å². The van der Waals surface area contributed by atoms with Gasteiger partial charge in [0, 0.05) is 20.1 Å². The lowest BCUT2D eigenvalue weighted by molar-refractivity contribution is -0.141. The molecule has 1 atom stereocenters. The standard InChI is InChI=1S/C11H20N2O3/c1-8(9(14)15)12(4)10(16)13-6-5-11(2,3)7-13/h8H,5-7H2,1-4H3,(H,14,15). The highest BCUT2D eigenvalue weighted by Crippen LogP contribution is 2.29. The molecule has 1 saturated heterocycles. The van der Waals surface area contributed by atoms with Crippen molar-refractivity contribution in [2.75, 3.05) is 20.1 Å². The Kier molecular flexibility index (Phi) is 3.45. The fourth-order valence-electron chi connectivity index (χ4n) is 1.83. The Morgan fingerprint density at radius 2 is 2.00 bits per heavy atom. The summed E-state index contributed by atoms with van der Waals surface area (Å²) >= 11 is 0. The zero-order valence-electron chi connectivity index (χ0n) is 10.4. The molecule has 2 amide bonds. The van der Waals surface area contributed by atoms with Gasteiger partial charge in [-0.15, -0.1) is 0 Å². The van der Waals surface area contributed by atoms with Crippen molar-refractivity contribution in [1.29, 1.82) is 0 Å². The second-order valence-corrected chi connectivity index (χ2v) is 5.24. The molecule has 0 aliphatic carbocycles. The first kappa shape index (κ1) is 12.8. The molecule has 16 heavy (non-hydrogen) atoms. The van der Waals surface area contributed by atoms with E-state index < -0.39 is 12.0 Å². The zero-order valence-corrected chi connectivity index (χ0v) is 10.4. The number of amides is 2. The van der Waals surface area contributed by atoms with Gasteiger partial charge in [-0.1, -0.05) is 13.8 Å². The van der Waals surface area contributed by atoms with E-state index in [1.165, 1.54) is 18.9 Å². The molecule has 0 aromatic carbocycles. The Morgan fingerprint density at radius 3 is 2.38 bits per heavy atom. The van der Waals surface area contributed by atoms with E-state index in [0.29, 0.717) is 13.1 Å². The first-order valence-electron chi connectivity index (χ1n) is 5.49. The predicted octanol–water partition coefficient (Wildman–Crippen LogP) is 1.24. The molecule has 5 nitrogen and oxygen atoms in total. The summed E-state index contributed by atoms with van der Waals surface area (Å²) < 4.78 is 0. The molecule has 1 heterocycles. The molecule has 1 N–H and O–H groups in total. The van der Waals surface area contributed by atoms with Gasteiger partial charge in [0.2, 0.25) is 0 Å². The van der Waals surface area contributed by atoms with Crippen LogP contribution in [0.25, 0.3) is 0 Å². The summed E-state index contributed by atoms with van der Waals surface area (Å²) in [4.78, 5) is 25.7. The average molecular weight is 228 g/mol. The molecule has 0 saturated carbocycles. The number of carbonyl (C=O) groups is 2. The van der Waals surface area contributed by atoms with E-state index in [9.17, 15) is 9.59 Å². The van der Waals surface area contributed by atoms with Crippen LogP contribution in [0.4, 0.5) is 4.79 Å². The van der Waals surface area contributed by atoms with Crippen molar-refractivity contribution in [2.45, 2.75) is 33.2 Å². The molecular formula is C11H20N2O3. The van der Waals surface area contributed by atoms with Crippen molar-refractivity contribution in [1.82, 2.24) is 9.80 Å². The largest absolute Gasteiger partial charge is 0.480 e. The summed E-state index contributed by atoms with van der Waals surface area (Å²) in [6.07, 6.45) is 0.966. The van der Waals surface area contributed by atoms with Crippen LogP contribution in [0.15, 0.2) is 0 Å². The van der Waals surface area contributed by atoms with Gasteiger partial charge in [0.15, 0.2) is 0 Å². The molecule has 0 spiro atoms. The number of nitrogens with zero attached hydrogens (tertiary/aromatic N) is 2. The smallest absolute Gasteiger partial charge is 0.326 e. The van der Waals surface area contributed by atoms with Crippen LogP contribution in [-0.2, 0) is 4.79 Å². The number of urea groups is 1. The van der Waals surface area contributed by atoms with Crippen LogP contribution in [-0.4, -0.2) is 53.1 Å². The lowest BCUT2D eigenvalue weighted by Gasteiger charge is -2.28. The highest BCUT2D eigenvalue weighted by Gasteiger charge is 2.35. The van der Waals surface area contributed by atoms with Gasteiger partial charge in [-0.25, -0.2) is 9.59 Å². The number of carboxylic acids is 1. The van der Waals surface area contributed by atoms with Crippen LogP contribution < -0.4 is 0 Å². The highest BCUT2D eigenvalue weighted by molar-refractivity contribution is 5.82. The number of hydrogen-bond acceptors (Lipinski definition) is 2. The summed E-state index contributed by atoms with van der Waals surface area (Å²) in [7, 11) is 1.53. The monoisotopic (exact) mass is 228 g/mol. The predicted molar refractivity (Wildman–Crippen MR) is 60.2 cm³/mol. The minimum atomic E-state index is -0.977. The van der Waals surface area contributed by atoms with E-state index in [1.807, 2.05) is 0 Å². The lowest BCUT2D eigenvalue weighted by Crippen LogP contribution is -2.47. The van der Waals surface area contributed by atoms with Gasteiger partial charge in [0.25, 0.3) is 0 Å². The Labute approximate surface area is 96.0 Å². The molecule has 0 aromatic rings. The first-order valence-corrected chi connectivity index (χ1v) is 5.49. The summed E-state index contributed by atoms with van der Waals surface area (Å²) in [5, 5.41) is 8.83. The maximum absolute atomic E-state index is 12.0. The van der Waals surface area contributed by atoms with Crippen molar-refractivity contribution in [2.24, 2.45) is 5.41 Å². The minimum Gasteiger partial charge on any atom is -0.480 e. The topological polar surface area (TPSA) is 60.9 Å². The molecule has 1 unspecified atom stereocenters. The van der Waals surface area contributed by atoms with Crippen LogP contribution in [0.2, 0.25) is 0 Å². The maximum atomic E-state index is 12.0. The quantitative estimate of drug-likeness (QED) is 0.773. The van der Waals surface area contributed by atoms with E-state index in [0.717, 1.165) is 6.42 Å². The number of likely N-dealkylation sites (N-methyl/N-ethyl adjacent to an activating group) is 1. The Balaban J connectivity index is 2.62. The SMILES string of the molecule is CC(C(=O)O)N(C)C(=O)N1CCC(C)(C)C1. The van der Waals surface area contributed by atoms with Crippen molar-refractivity contribution < 1.29 is 14.7 Å². The third-order valence-corrected chi connectivity index (χ3v) is 3.19. The number of carboxylic acid groups (broad SMARTS) is 1. The molecule has 0 aromatic heterocycles. The van der Waals surface area contributed by atoms with Gasteiger partial charge in [0.1, 0.15) is 6.04 Å². The lowest BCUT2D eigenvalue weighted by atomic mass is 9.93. The molecule has 0 radical (unpaired) electrons. The summed E-state index contributed by atoms with van der Waals surface area (Å²) in [6.45, 7) is 7.15. The van der Waals surface area contributed by atoms with Gasteiger partial charge in [-0.05, 0) is 18.8 Å². The first-order chi connectivity index (χ1) is 7.24. The van der Waals surface area contributed by atoms with Crippen molar-refractivity contribution in [3.63, 3.8) is 0 Å². The Morgan fingerprint density at radius 1 is 1.44 bits per heavy atom. The van der Waals surface area contributed by atoms with Crippen LogP contribution in [0.1, 0.15) is 27.2 Å². The van der Waals surface area contributed by atoms with Crippen LogP contribution in [0.3, 0.4) is 0 Å². The normalized spacial score (nSPS) is 20.6. The van der Waals surface area contributed by atoms with E-state index in [1.54, 1.807) is 4.90 Å². The molecule has 1 aliphatic heterocycles. The van der Waals surface area contributed by atoms with Crippen LogP contribution in [0.5, 0.6) is 0 Å². The van der Waals surface area contributed by atoms with Gasteiger partial charge < -0.3 is 14.9 Å². The van der Waals surface area contributed by atoms with Crippen LogP contribution >= 0.6 is 0 Å². The fourth-order valence-corrected chi connectivity index (χ4v) is 1.83. The molecule has 1 fully saturated rings. The fraction of sp³-hybridized carbons (Fsp3) is 0.818. The van der Waals surface area contributed by atoms with Crippen LogP contribution in [0, 0.1) is 5.41 Å². The second kappa shape index (κ2) is 4.31. The van der Waals surface area contributed by atoms with E-state index in [2.05, 4.69) is 13.8 Å². The van der Waals surface area contributed by atoms with E-state index >= 15 is 0 Å². The third kappa shape index (κ3) is 2.65. The van der Waals surface area contributed by atoms with Crippen molar-refractivity contribution >= 4 is 12.0 Å². The third-order valence-electron chi connectivity index (χ3n) is 3.19. The van der Waals surface area contributed by atoms with Crippen molar-refractivity contribution in [3.05, 3.63) is 0 Å². The van der Waals surface area contributed by atoms with Crippen molar-refractivity contribution in [3.8, 4) is 0 Å². The number of rotatable bonds is 2. The van der Waals surface area contributed by atoms with Gasteiger partial charge in [0.05, 0.1) is 0 Å². The maximum Gasteiger partial charge on any atom is 0.326 e. The van der Waals surface area contributed by atoms with E-state index in [-0.39, 0.29) is 11.4 Å². The second-order valence-electron chi connectivity index (χ2n) is 5.24. The highest BCUT2D eigenvalue weighted by atomic mass is 16.4. The zero-order chi connectivity index (χ0) is 12.5. The molecule has 5 heteroatoms. The number of hydrogen-bond donors (Lipinski definition) is 1. The Hall–Kier alpha value is -1.26. The van der Waals surface area contributed by atoms with Gasteiger partial charge >= 0.3 is 12.0 Å². The molecule has 1 aliphatic rings. The van der Waals surface area contributed by atoms with Gasteiger partial charge in [-0.3, -0.25) is 0 Å². The number of likely N-dealkylation sites (tertiary alicyclic amines) is 1. The minimum absolute atomic E-state index is 0.142. The number of carbonyl (C=O) groups excluding carboxylic acids is 1. The molecule has 92 valence electrons. The summed E-state index contributed by atoms with van der Waals surface area (Å²) in [6, 6.07) is -0.975. The average Bonchev–Trinajstić information content (AvgIpc) is 2.55. The molecular weight excluding hydrogens is 208 g/mol. The number of aliphatic carboxylic acids is 1. The summed E-state index contributed by atoms with van der Waals surface area (Å²) in [5.41, 5.74) is 0.142. The Bertz CT molecular complexity index is 302.